The van der Waals surface area contributed by atoms with Gasteiger partial charge < -0.3 is 14.8 Å². The van der Waals surface area contributed by atoms with Gasteiger partial charge in [-0.25, -0.2) is 0 Å². The van der Waals surface area contributed by atoms with Crippen LogP contribution in [0.5, 0.6) is 11.5 Å². The molecule has 0 saturated heterocycles. The van der Waals surface area contributed by atoms with Crippen LogP contribution in [0.2, 0.25) is 0 Å². The van der Waals surface area contributed by atoms with Gasteiger partial charge in [-0.05, 0) is 38.8 Å². The van der Waals surface area contributed by atoms with Crippen LogP contribution in [0, 0.1) is 17.2 Å². The molecule has 0 bridgehead atoms. The first-order valence-corrected chi connectivity index (χ1v) is 8.04. The number of benzene rings is 1. The third-order valence-electron chi connectivity index (χ3n) is 4.36. The van der Waals surface area contributed by atoms with E-state index < -0.39 is 5.54 Å². The summed E-state index contributed by atoms with van der Waals surface area (Å²) >= 11 is 0. The third kappa shape index (κ3) is 4.18. The molecule has 6 heteroatoms. The number of nitrogens with zero attached hydrogens (tertiary/aromatic N) is 2. The molecule has 1 aliphatic rings. The fourth-order valence-electron chi connectivity index (χ4n) is 2.88. The highest BCUT2D eigenvalue weighted by molar-refractivity contribution is 5.79. The van der Waals surface area contributed by atoms with Crippen LogP contribution in [-0.4, -0.2) is 44.2 Å². The lowest BCUT2D eigenvalue weighted by Crippen LogP contribution is -2.49. The van der Waals surface area contributed by atoms with Crippen molar-refractivity contribution in [3.8, 4) is 17.6 Å². The van der Waals surface area contributed by atoms with Gasteiger partial charge in [0.2, 0.25) is 5.91 Å². The topological polar surface area (TPSA) is 74.6 Å². The molecule has 0 heterocycles. The zero-order chi connectivity index (χ0) is 17.7. The summed E-state index contributed by atoms with van der Waals surface area (Å²) in [4.78, 5) is 14.2. The number of likely N-dealkylation sites (N-methyl/N-ethyl adjacent to an activating group) is 1. The molecule has 0 radical (unpaired) electrons. The molecule has 1 saturated carbocycles. The van der Waals surface area contributed by atoms with E-state index in [1.165, 1.54) is 0 Å². The molecule has 2 rings (SSSR count). The quantitative estimate of drug-likeness (QED) is 0.788. The molecule has 24 heavy (non-hydrogen) atoms. The van der Waals surface area contributed by atoms with Crippen molar-refractivity contribution in [2.24, 2.45) is 5.92 Å². The smallest absolute Gasteiger partial charge is 0.235 e. The first kappa shape index (κ1) is 18.1. The van der Waals surface area contributed by atoms with Crippen LogP contribution in [-0.2, 0) is 11.3 Å². The lowest BCUT2D eigenvalue weighted by atomic mass is 9.98. The summed E-state index contributed by atoms with van der Waals surface area (Å²) in [6, 6.07) is 7.91. The van der Waals surface area contributed by atoms with Crippen LogP contribution in [0.15, 0.2) is 18.2 Å². The van der Waals surface area contributed by atoms with Crippen LogP contribution in [0.1, 0.15) is 25.3 Å². The largest absolute Gasteiger partial charge is 0.493 e. The van der Waals surface area contributed by atoms with E-state index in [0.29, 0.717) is 18.0 Å². The maximum atomic E-state index is 12.3. The number of nitriles is 1. The fourth-order valence-corrected chi connectivity index (χ4v) is 2.88. The summed E-state index contributed by atoms with van der Waals surface area (Å²) < 4.78 is 10.7. The van der Waals surface area contributed by atoms with Crippen molar-refractivity contribution in [2.45, 2.75) is 31.8 Å². The Morgan fingerprint density at radius 1 is 1.42 bits per heavy atom. The van der Waals surface area contributed by atoms with Crippen LogP contribution in [0.25, 0.3) is 0 Å². The van der Waals surface area contributed by atoms with E-state index in [1.54, 1.807) is 21.1 Å². The SMILES string of the molecule is COc1cccc(CN(C)CC(=O)N[C@](C)(C#N)C2CC2)c1OC. The van der Waals surface area contributed by atoms with Gasteiger partial charge in [0.15, 0.2) is 11.5 Å². The molecule has 0 aromatic heterocycles. The second-order valence-corrected chi connectivity index (χ2v) is 6.46. The molecule has 130 valence electrons. The van der Waals surface area contributed by atoms with Gasteiger partial charge in [0.1, 0.15) is 5.54 Å². The molecule has 1 fully saturated rings. The van der Waals surface area contributed by atoms with Gasteiger partial charge in [0, 0.05) is 12.1 Å². The Balaban J connectivity index is 1.97. The average Bonchev–Trinajstić information content (AvgIpc) is 3.39. The van der Waals surface area contributed by atoms with E-state index in [0.717, 1.165) is 18.4 Å². The summed E-state index contributed by atoms with van der Waals surface area (Å²) in [5.74, 6) is 1.47. The van der Waals surface area contributed by atoms with Crippen LogP contribution >= 0.6 is 0 Å². The Labute approximate surface area is 143 Å². The van der Waals surface area contributed by atoms with E-state index in [4.69, 9.17) is 9.47 Å². The van der Waals surface area contributed by atoms with Crippen molar-refractivity contribution in [3.63, 3.8) is 0 Å². The van der Waals surface area contributed by atoms with Crippen LogP contribution < -0.4 is 14.8 Å². The number of ether oxygens (including phenoxy) is 2. The molecule has 1 aliphatic carbocycles. The second kappa shape index (κ2) is 7.54. The Morgan fingerprint density at radius 2 is 2.12 bits per heavy atom. The lowest BCUT2D eigenvalue weighted by Gasteiger charge is -2.25. The van der Waals surface area contributed by atoms with Crippen molar-refractivity contribution in [1.82, 2.24) is 10.2 Å². The van der Waals surface area contributed by atoms with Gasteiger partial charge in [-0.3, -0.25) is 9.69 Å². The molecule has 1 amide bonds. The Kier molecular flexibility index (Phi) is 5.68. The third-order valence-corrected chi connectivity index (χ3v) is 4.36. The molecule has 0 spiro atoms. The number of carbonyl (C=O) groups is 1. The van der Waals surface area contributed by atoms with Gasteiger partial charge in [-0.1, -0.05) is 12.1 Å². The lowest BCUT2D eigenvalue weighted by molar-refractivity contribution is -0.123. The number of hydrogen-bond donors (Lipinski definition) is 1. The second-order valence-electron chi connectivity index (χ2n) is 6.46. The normalized spacial score (nSPS) is 16.2. The predicted octanol–water partition coefficient (Wildman–Crippen LogP) is 1.94. The first-order valence-electron chi connectivity index (χ1n) is 8.04. The van der Waals surface area contributed by atoms with E-state index in [9.17, 15) is 10.1 Å². The Hall–Kier alpha value is -2.26. The summed E-state index contributed by atoms with van der Waals surface area (Å²) in [5.41, 5.74) is 0.184. The summed E-state index contributed by atoms with van der Waals surface area (Å²) in [7, 11) is 5.06. The van der Waals surface area contributed by atoms with Gasteiger partial charge in [-0.15, -0.1) is 0 Å². The zero-order valence-corrected chi connectivity index (χ0v) is 14.8. The standard InChI is InChI=1S/C18H25N3O3/c1-18(12-19,14-8-9-14)20-16(22)11-21(2)10-13-6-5-7-15(23-3)17(13)24-4/h5-7,14H,8-11H2,1-4H3,(H,20,22)/t18-/m1/s1. The Morgan fingerprint density at radius 3 is 2.67 bits per heavy atom. The van der Waals surface area contributed by atoms with E-state index in [1.807, 2.05) is 30.1 Å². The predicted molar refractivity (Wildman–Crippen MR) is 90.8 cm³/mol. The minimum atomic E-state index is -0.758. The summed E-state index contributed by atoms with van der Waals surface area (Å²) in [6.45, 7) is 2.55. The van der Waals surface area contributed by atoms with Crippen molar-refractivity contribution < 1.29 is 14.3 Å². The number of rotatable bonds is 8. The Bertz CT molecular complexity index is 637. The molecule has 1 aromatic carbocycles. The highest BCUT2D eigenvalue weighted by atomic mass is 16.5. The molecule has 1 N–H and O–H groups in total. The number of methoxy groups -OCH3 is 2. The highest BCUT2D eigenvalue weighted by Gasteiger charge is 2.43. The fraction of sp³-hybridized carbons (Fsp3) is 0.556. The minimum absolute atomic E-state index is 0.143. The van der Waals surface area contributed by atoms with E-state index >= 15 is 0 Å². The molecule has 1 atom stereocenters. The molecule has 1 aromatic rings. The first-order chi connectivity index (χ1) is 11.4. The monoisotopic (exact) mass is 331 g/mol. The molecule has 0 aliphatic heterocycles. The minimum Gasteiger partial charge on any atom is -0.493 e. The average molecular weight is 331 g/mol. The van der Waals surface area contributed by atoms with Crippen molar-refractivity contribution in [3.05, 3.63) is 23.8 Å². The molecule has 0 unspecified atom stereocenters. The highest BCUT2D eigenvalue weighted by Crippen LogP contribution is 2.39. The van der Waals surface area contributed by atoms with Crippen LogP contribution in [0.4, 0.5) is 0 Å². The van der Waals surface area contributed by atoms with Gasteiger partial charge in [-0.2, -0.15) is 5.26 Å². The molecule has 6 nitrogen and oxygen atoms in total. The van der Waals surface area contributed by atoms with E-state index in [-0.39, 0.29) is 18.4 Å². The van der Waals surface area contributed by atoms with Gasteiger partial charge in [0.25, 0.3) is 0 Å². The number of amides is 1. The summed E-state index contributed by atoms with van der Waals surface area (Å²) in [5, 5.41) is 12.2. The zero-order valence-electron chi connectivity index (χ0n) is 14.8. The van der Waals surface area contributed by atoms with Crippen molar-refractivity contribution in [2.75, 3.05) is 27.8 Å². The molecular weight excluding hydrogens is 306 g/mol. The van der Waals surface area contributed by atoms with Crippen LogP contribution in [0.3, 0.4) is 0 Å². The maximum absolute atomic E-state index is 12.3. The maximum Gasteiger partial charge on any atom is 0.235 e. The number of carbonyl (C=O) groups excluding carboxylic acids is 1. The van der Waals surface area contributed by atoms with Gasteiger partial charge >= 0.3 is 0 Å². The van der Waals surface area contributed by atoms with E-state index in [2.05, 4.69) is 11.4 Å². The number of nitrogens with one attached hydrogen (secondary N) is 1. The molecular formula is C18H25N3O3. The van der Waals surface area contributed by atoms with Gasteiger partial charge in [0.05, 0.1) is 26.8 Å². The summed E-state index contributed by atoms with van der Waals surface area (Å²) in [6.07, 6.45) is 2.00. The van der Waals surface area contributed by atoms with Crippen molar-refractivity contribution >= 4 is 5.91 Å². The van der Waals surface area contributed by atoms with Crippen molar-refractivity contribution in [1.29, 1.82) is 5.26 Å². The number of para-hydroxylation sites is 1. The number of hydrogen-bond acceptors (Lipinski definition) is 5.